The molecule has 0 spiro atoms. The lowest BCUT2D eigenvalue weighted by Crippen LogP contribution is -2.42. The molecule has 0 radical (unpaired) electrons. The van der Waals surface area contributed by atoms with Gasteiger partial charge in [-0.05, 0) is 6.92 Å². The summed E-state index contributed by atoms with van der Waals surface area (Å²) in [6.45, 7) is 0.655. The van der Waals surface area contributed by atoms with Crippen LogP contribution in [0.3, 0.4) is 0 Å². The Kier molecular flexibility index (Phi) is 4.49. The highest BCUT2D eigenvalue weighted by atomic mass is 32.2. The van der Waals surface area contributed by atoms with Gasteiger partial charge in [0, 0.05) is 6.54 Å². The van der Waals surface area contributed by atoms with Crippen LogP contribution in [-0.4, -0.2) is 37.3 Å². The number of nitrogens with zero attached hydrogens (tertiary/aromatic N) is 1. The molecule has 0 saturated heterocycles. The molecule has 0 aromatic rings. The van der Waals surface area contributed by atoms with E-state index in [9.17, 15) is 13.2 Å². The Balaban J connectivity index is 4.29. The molecule has 2 atom stereocenters. The van der Waals surface area contributed by atoms with Gasteiger partial charge in [0.2, 0.25) is 15.9 Å². The van der Waals surface area contributed by atoms with E-state index in [2.05, 4.69) is 5.73 Å². The van der Waals surface area contributed by atoms with Gasteiger partial charge in [-0.2, -0.15) is 5.26 Å². The molecule has 80 valence electrons. The molecule has 4 N–H and O–H groups in total. The van der Waals surface area contributed by atoms with Crippen molar-refractivity contribution in [1.82, 2.24) is 4.72 Å². The molecule has 7 nitrogen and oxygen atoms in total. The quantitative estimate of drug-likeness (QED) is 0.478. The maximum atomic E-state index is 11.1. The van der Waals surface area contributed by atoms with Gasteiger partial charge in [0.05, 0.1) is 6.07 Å². The Hall–Kier alpha value is -1.17. The van der Waals surface area contributed by atoms with Crippen molar-refractivity contribution in [2.75, 3.05) is 6.54 Å². The maximum absolute atomic E-state index is 11.1. The number of primary amides is 1. The number of nitriles is 1. The molecule has 0 bridgehead atoms. The second-order valence-electron chi connectivity index (χ2n) is 2.58. The lowest BCUT2D eigenvalue weighted by atomic mass is 10.3. The first-order valence-electron chi connectivity index (χ1n) is 3.66. The summed E-state index contributed by atoms with van der Waals surface area (Å²) < 4.78 is 24.1. The van der Waals surface area contributed by atoms with Gasteiger partial charge in [0.25, 0.3) is 0 Å². The molecule has 8 heteroatoms. The van der Waals surface area contributed by atoms with E-state index in [1.54, 1.807) is 0 Å². The minimum absolute atomic E-state index is 0.524. The van der Waals surface area contributed by atoms with E-state index in [-0.39, 0.29) is 0 Å². The normalized spacial score (nSPS) is 15.5. The zero-order valence-electron chi connectivity index (χ0n) is 7.47. The summed E-state index contributed by atoms with van der Waals surface area (Å²) in [5.74, 6) is -1.03. The molecule has 0 aromatic carbocycles. The topological polar surface area (TPSA) is 133 Å². The monoisotopic (exact) mass is 221 g/mol. The number of hydrogen-bond donors (Lipinski definition) is 3. The number of hydrogen-bond acceptors (Lipinski definition) is 5. The number of nitrogens with two attached hydrogens (primary N) is 1. The molecular formula is C6H11N3O4S. The highest BCUT2D eigenvalue weighted by Crippen LogP contribution is 1.95. The number of aliphatic hydroxyl groups excluding tert-OH is 1. The number of amides is 1. The van der Waals surface area contributed by atoms with Crippen LogP contribution >= 0.6 is 0 Å². The smallest absolute Gasteiger partial charge is 0.247 e. The van der Waals surface area contributed by atoms with Crippen LogP contribution in [0.1, 0.15) is 6.92 Å². The predicted molar refractivity (Wildman–Crippen MR) is 47.2 cm³/mol. The fraction of sp³-hybridized carbons (Fsp3) is 0.667. The van der Waals surface area contributed by atoms with Gasteiger partial charge in [0.15, 0.2) is 5.25 Å². The molecule has 0 aliphatic rings. The SMILES string of the molecule is CC(C#N)S(=O)(=O)NCC(O)C(N)=O. The zero-order chi connectivity index (χ0) is 11.4. The van der Waals surface area contributed by atoms with Crippen LogP contribution in [0.25, 0.3) is 0 Å². The molecule has 0 aliphatic heterocycles. The van der Waals surface area contributed by atoms with Gasteiger partial charge in [-0.15, -0.1) is 0 Å². The molecule has 2 unspecified atom stereocenters. The van der Waals surface area contributed by atoms with Crippen molar-refractivity contribution < 1.29 is 18.3 Å². The van der Waals surface area contributed by atoms with Gasteiger partial charge in [0.1, 0.15) is 6.10 Å². The number of aliphatic hydroxyl groups is 1. The summed E-state index contributed by atoms with van der Waals surface area (Å²) in [6.07, 6.45) is -1.59. The van der Waals surface area contributed by atoms with Crippen LogP contribution in [0.15, 0.2) is 0 Å². The van der Waals surface area contributed by atoms with Gasteiger partial charge >= 0.3 is 0 Å². The summed E-state index contributed by atoms with van der Waals surface area (Å²) in [6, 6.07) is 1.51. The fourth-order valence-electron chi connectivity index (χ4n) is 0.490. The summed E-state index contributed by atoms with van der Waals surface area (Å²) in [5.41, 5.74) is 4.69. The molecular weight excluding hydrogens is 210 g/mol. The van der Waals surface area contributed by atoms with Crippen LogP contribution in [0.5, 0.6) is 0 Å². The van der Waals surface area contributed by atoms with E-state index < -0.39 is 33.8 Å². The third-order valence-corrected chi connectivity index (χ3v) is 3.06. The second kappa shape index (κ2) is 4.90. The van der Waals surface area contributed by atoms with E-state index in [1.165, 1.54) is 13.0 Å². The summed E-state index contributed by atoms with van der Waals surface area (Å²) in [4.78, 5) is 10.3. The molecule has 0 rings (SSSR count). The minimum Gasteiger partial charge on any atom is -0.382 e. The zero-order valence-corrected chi connectivity index (χ0v) is 8.28. The molecule has 0 aliphatic carbocycles. The summed E-state index contributed by atoms with van der Waals surface area (Å²) in [7, 11) is -3.82. The average Bonchev–Trinajstić information content (AvgIpc) is 2.12. The number of carbonyl (C=O) groups is 1. The third kappa shape index (κ3) is 3.69. The Bertz CT molecular complexity index is 345. The van der Waals surface area contributed by atoms with Gasteiger partial charge in [-0.25, -0.2) is 13.1 Å². The molecule has 1 amide bonds. The number of nitrogens with one attached hydrogen (secondary N) is 1. The molecule has 0 saturated carbocycles. The van der Waals surface area contributed by atoms with E-state index in [4.69, 9.17) is 10.4 Å². The van der Waals surface area contributed by atoms with Crippen LogP contribution in [0.4, 0.5) is 0 Å². The van der Waals surface area contributed by atoms with Crippen LogP contribution in [0, 0.1) is 11.3 Å². The molecule has 0 aromatic heterocycles. The van der Waals surface area contributed by atoms with Crippen molar-refractivity contribution in [3.8, 4) is 6.07 Å². The van der Waals surface area contributed by atoms with Crippen molar-refractivity contribution in [3.63, 3.8) is 0 Å². The summed E-state index contributed by atoms with van der Waals surface area (Å²) in [5, 5.41) is 15.9. The first-order valence-corrected chi connectivity index (χ1v) is 5.21. The van der Waals surface area contributed by atoms with Crippen molar-refractivity contribution in [1.29, 1.82) is 5.26 Å². The fourth-order valence-corrected chi connectivity index (χ4v) is 1.27. The van der Waals surface area contributed by atoms with Crippen molar-refractivity contribution in [2.24, 2.45) is 5.73 Å². The van der Waals surface area contributed by atoms with Gasteiger partial charge in [-0.1, -0.05) is 0 Å². The standard InChI is InChI=1S/C6H11N3O4S/c1-4(2-7)14(12,13)9-3-5(10)6(8)11/h4-5,9-10H,3H2,1H3,(H2,8,11). The second-order valence-corrected chi connectivity index (χ2v) is 4.67. The third-order valence-electron chi connectivity index (χ3n) is 1.45. The number of carbonyl (C=O) groups excluding carboxylic acids is 1. The summed E-state index contributed by atoms with van der Waals surface area (Å²) >= 11 is 0. The van der Waals surface area contributed by atoms with Crippen LogP contribution in [0.2, 0.25) is 0 Å². The van der Waals surface area contributed by atoms with Gasteiger partial charge in [-0.3, -0.25) is 4.79 Å². The Morgan fingerprint density at radius 2 is 2.21 bits per heavy atom. The minimum atomic E-state index is -3.82. The number of sulfonamides is 1. The van der Waals surface area contributed by atoms with Crippen molar-refractivity contribution >= 4 is 15.9 Å². The van der Waals surface area contributed by atoms with E-state index >= 15 is 0 Å². The highest BCUT2D eigenvalue weighted by Gasteiger charge is 2.22. The largest absolute Gasteiger partial charge is 0.382 e. The van der Waals surface area contributed by atoms with Gasteiger partial charge < -0.3 is 10.8 Å². The van der Waals surface area contributed by atoms with Crippen LogP contribution in [-0.2, 0) is 14.8 Å². The number of rotatable bonds is 5. The first kappa shape index (κ1) is 12.8. The Morgan fingerprint density at radius 3 is 2.57 bits per heavy atom. The van der Waals surface area contributed by atoms with Crippen LogP contribution < -0.4 is 10.5 Å². The molecule has 0 fully saturated rings. The van der Waals surface area contributed by atoms with E-state index in [0.717, 1.165) is 0 Å². The highest BCUT2D eigenvalue weighted by molar-refractivity contribution is 7.90. The van der Waals surface area contributed by atoms with Crippen molar-refractivity contribution in [3.05, 3.63) is 0 Å². The predicted octanol–water partition coefficient (Wildman–Crippen LogP) is -2.34. The molecule has 14 heavy (non-hydrogen) atoms. The average molecular weight is 221 g/mol. The Morgan fingerprint density at radius 1 is 1.71 bits per heavy atom. The van der Waals surface area contributed by atoms with E-state index in [0.29, 0.717) is 0 Å². The molecule has 0 heterocycles. The Labute approximate surface area is 81.6 Å². The maximum Gasteiger partial charge on any atom is 0.247 e. The first-order chi connectivity index (χ1) is 6.31. The van der Waals surface area contributed by atoms with Crippen molar-refractivity contribution in [2.45, 2.75) is 18.3 Å². The van der Waals surface area contributed by atoms with E-state index in [1.807, 2.05) is 4.72 Å². The lowest BCUT2D eigenvalue weighted by molar-refractivity contribution is -0.125. The lowest BCUT2D eigenvalue weighted by Gasteiger charge is -2.09.